The highest BCUT2D eigenvalue weighted by molar-refractivity contribution is 7.98. The number of nitrogens with zero attached hydrogens (tertiary/aromatic N) is 1. The summed E-state index contributed by atoms with van der Waals surface area (Å²) in [7, 11) is 0. The smallest absolute Gasteiger partial charge is 0.329 e. The SMILES string of the molecule is CSc1ccc(C(=O)NC2(C(=O)O)CCC(C)CC2)cc1[N+](=O)[O-]. The molecule has 1 aliphatic rings. The number of nitro groups is 1. The van der Waals surface area contributed by atoms with E-state index in [4.69, 9.17) is 0 Å². The molecule has 0 atom stereocenters. The monoisotopic (exact) mass is 352 g/mol. The van der Waals surface area contributed by atoms with E-state index in [1.54, 1.807) is 6.26 Å². The molecule has 7 nitrogen and oxygen atoms in total. The first-order valence-electron chi connectivity index (χ1n) is 7.67. The zero-order valence-corrected chi connectivity index (χ0v) is 14.4. The van der Waals surface area contributed by atoms with E-state index in [1.807, 2.05) is 0 Å². The van der Waals surface area contributed by atoms with Crippen molar-refractivity contribution >= 4 is 29.3 Å². The number of thioether (sulfide) groups is 1. The van der Waals surface area contributed by atoms with Gasteiger partial charge >= 0.3 is 5.97 Å². The van der Waals surface area contributed by atoms with E-state index in [1.165, 1.54) is 30.0 Å². The predicted octanol–water partition coefficient (Wildman–Crippen LogP) is 3.08. The number of nitrogens with one attached hydrogen (secondary N) is 1. The number of carbonyl (C=O) groups is 2. The van der Waals surface area contributed by atoms with E-state index < -0.39 is 22.3 Å². The molecule has 1 aromatic rings. The van der Waals surface area contributed by atoms with Crippen LogP contribution < -0.4 is 5.32 Å². The largest absolute Gasteiger partial charge is 0.480 e. The van der Waals surface area contributed by atoms with Crippen LogP contribution in [-0.2, 0) is 4.79 Å². The Hall–Kier alpha value is -2.09. The van der Waals surface area contributed by atoms with Crippen LogP contribution >= 0.6 is 11.8 Å². The average molecular weight is 352 g/mol. The Morgan fingerprint density at radius 1 is 1.38 bits per heavy atom. The Bertz CT molecular complexity index is 668. The van der Waals surface area contributed by atoms with Crippen LogP contribution in [0.2, 0.25) is 0 Å². The van der Waals surface area contributed by atoms with Crippen LogP contribution in [0.5, 0.6) is 0 Å². The van der Waals surface area contributed by atoms with Gasteiger partial charge in [0.25, 0.3) is 11.6 Å². The number of carboxylic acids is 1. The van der Waals surface area contributed by atoms with Crippen LogP contribution in [-0.4, -0.2) is 33.7 Å². The Morgan fingerprint density at radius 2 is 2.00 bits per heavy atom. The maximum atomic E-state index is 12.5. The molecule has 0 spiro atoms. The molecule has 1 saturated carbocycles. The summed E-state index contributed by atoms with van der Waals surface area (Å²) < 4.78 is 0. The molecular formula is C16H20N2O5S. The lowest BCUT2D eigenvalue weighted by atomic mass is 9.77. The molecule has 0 heterocycles. The molecule has 1 fully saturated rings. The van der Waals surface area contributed by atoms with Gasteiger partial charge in [-0.2, -0.15) is 0 Å². The normalized spacial score (nSPS) is 23.5. The van der Waals surface area contributed by atoms with Crippen LogP contribution in [0.4, 0.5) is 5.69 Å². The van der Waals surface area contributed by atoms with Crippen molar-refractivity contribution in [3.8, 4) is 0 Å². The zero-order valence-electron chi connectivity index (χ0n) is 13.6. The van der Waals surface area contributed by atoms with Crippen molar-refractivity contribution in [3.63, 3.8) is 0 Å². The number of aliphatic carboxylic acids is 1. The third-order valence-corrected chi connectivity index (χ3v) is 5.31. The van der Waals surface area contributed by atoms with Gasteiger partial charge in [-0.15, -0.1) is 11.8 Å². The molecule has 1 aliphatic carbocycles. The highest BCUT2D eigenvalue weighted by atomic mass is 32.2. The highest BCUT2D eigenvalue weighted by Gasteiger charge is 2.42. The number of rotatable bonds is 5. The van der Waals surface area contributed by atoms with E-state index in [0.29, 0.717) is 23.7 Å². The molecule has 0 aromatic heterocycles. The molecule has 0 unspecified atom stereocenters. The van der Waals surface area contributed by atoms with Crippen LogP contribution in [0, 0.1) is 16.0 Å². The fraction of sp³-hybridized carbons (Fsp3) is 0.500. The maximum absolute atomic E-state index is 12.5. The predicted molar refractivity (Wildman–Crippen MR) is 90.3 cm³/mol. The number of hydrogen-bond acceptors (Lipinski definition) is 5. The minimum absolute atomic E-state index is 0.0961. The van der Waals surface area contributed by atoms with Gasteiger partial charge < -0.3 is 10.4 Å². The highest BCUT2D eigenvalue weighted by Crippen LogP contribution is 2.33. The minimum Gasteiger partial charge on any atom is -0.480 e. The van der Waals surface area contributed by atoms with Gasteiger partial charge in [0.2, 0.25) is 0 Å². The molecule has 0 bridgehead atoms. The summed E-state index contributed by atoms with van der Waals surface area (Å²) in [6.07, 6.45) is 3.88. The molecule has 8 heteroatoms. The van der Waals surface area contributed by atoms with Gasteiger partial charge in [0, 0.05) is 11.6 Å². The topological polar surface area (TPSA) is 110 Å². The number of carboxylic acid groups (broad SMARTS) is 1. The van der Waals surface area contributed by atoms with E-state index >= 15 is 0 Å². The minimum atomic E-state index is -1.30. The van der Waals surface area contributed by atoms with E-state index in [9.17, 15) is 24.8 Å². The quantitative estimate of drug-likeness (QED) is 0.479. The van der Waals surface area contributed by atoms with Gasteiger partial charge in [0.05, 0.1) is 9.82 Å². The van der Waals surface area contributed by atoms with Crippen molar-refractivity contribution in [3.05, 3.63) is 33.9 Å². The zero-order chi connectivity index (χ0) is 17.9. The number of hydrogen-bond donors (Lipinski definition) is 2. The Balaban J connectivity index is 2.26. The summed E-state index contributed by atoms with van der Waals surface area (Å²) in [6.45, 7) is 2.05. The molecule has 1 aromatic carbocycles. The van der Waals surface area contributed by atoms with Gasteiger partial charge in [-0.25, -0.2) is 4.79 Å². The molecule has 2 N–H and O–H groups in total. The third-order valence-electron chi connectivity index (χ3n) is 4.53. The number of nitro benzene ring substituents is 1. The Morgan fingerprint density at radius 3 is 2.50 bits per heavy atom. The van der Waals surface area contributed by atoms with Gasteiger partial charge in [-0.3, -0.25) is 14.9 Å². The Kier molecular flexibility index (Phi) is 5.48. The second kappa shape index (κ2) is 7.21. The van der Waals surface area contributed by atoms with E-state index in [-0.39, 0.29) is 11.3 Å². The average Bonchev–Trinajstić information content (AvgIpc) is 2.56. The Labute approximate surface area is 144 Å². The summed E-state index contributed by atoms with van der Waals surface area (Å²) >= 11 is 1.22. The first kappa shape index (κ1) is 18.3. The molecule has 0 radical (unpaired) electrons. The standard InChI is InChI=1S/C16H20N2O5S/c1-10-5-7-16(8-6-10,15(20)21)17-14(19)11-3-4-13(24-2)12(9-11)18(22)23/h3-4,9-10H,5-8H2,1-2H3,(H,17,19)(H,20,21). The lowest BCUT2D eigenvalue weighted by Gasteiger charge is -2.36. The second-order valence-corrected chi connectivity index (χ2v) is 7.02. The molecule has 0 saturated heterocycles. The van der Waals surface area contributed by atoms with Crippen LogP contribution in [0.1, 0.15) is 43.0 Å². The third kappa shape index (κ3) is 3.69. The summed E-state index contributed by atoms with van der Waals surface area (Å²) in [4.78, 5) is 35.2. The molecular weight excluding hydrogens is 332 g/mol. The van der Waals surface area contributed by atoms with Crippen molar-refractivity contribution < 1.29 is 19.6 Å². The summed E-state index contributed by atoms with van der Waals surface area (Å²) in [5.74, 6) is -1.22. The van der Waals surface area contributed by atoms with Crippen molar-refractivity contribution in [2.75, 3.05) is 6.26 Å². The summed E-state index contributed by atoms with van der Waals surface area (Å²) in [5, 5.41) is 23.3. The lowest BCUT2D eigenvalue weighted by molar-refractivity contribution is -0.387. The van der Waals surface area contributed by atoms with Crippen molar-refractivity contribution in [1.82, 2.24) is 5.32 Å². The molecule has 24 heavy (non-hydrogen) atoms. The number of carbonyl (C=O) groups excluding carboxylic acids is 1. The van der Waals surface area contributed by atoms with Gasteiger partial charge in [0.15, 0.2) is 0 Å². The van der Waals surface area contributed by atoms with E-state index in [0.717, 1.165) is 12.8 Å². The van der Waals surface area contributed by atoms with Crippen molar-refractivity contribution in [2.45, 2.75) is 43.0 Å². The summed E-state index contributed by atoms with van der Waals surface area (Å²) in [6, 6.07) is 4.19. The second-order valence-electron chi connectivity index (χ2n) is 6.17. The van der Waals surface area contributed by atoms with Crippen molar-refractivity contribution in [1.29, 1.82) is 0 Å². The van der Waals surface area contributed by atoms with Crippen LogP contribution in [0.3, 0.4) is 0 Å². The molecule has 0 aliphatic heterocycles. The first-order valence-corrected chi connectivity index (χ1v) is 8.90. The number of amides is 1. The fourth-order valence-corrected chi connectivity index (χ4v) is 3.46. The van der Waals surface area contributed by atoms with Gasteiger partial charge in [-0.1, -0.05) is 6.92 Å². The van der Waals surface area contributed by atoms with Gasteiger partial charge in [-0.05, 0) is 50.0 Å². The maximum Gasteiger partial charge on any atom is 0.329 e. The van der Waals surface area contributed by atoms with Crippen molar-refractivity contribution in [2.24, 2.45) is 5.92 Å². The first-order chi connectivity index (χ1) is 11.3. The fourth-order valence-electron chi connectivity index (χ4n) is 2.91. The molecule has 130 valence electrons. The van der Waals surface area contributed by atoms with Crippen LogP contribution in [0.15, 0.2) is 23.1 Å². The molecule has 1 amide bonds. The summed E-state index contributed by atoms with van der Waals surface area (Å²) in [5.41, 5.74) is -1.35. The van der Waals surface area contributed by atoms with E-state index in [2.05, 4.69) is 12.2 Å². The lowest BCUT2D eigenvalue weighted by Crippen LogP contribution is -2.56. The van der Waals surface area contributed by atoms with Gasteiger partial charge in [0.1, 0.15) is 5.54 Å². The molecule has 2 rings (SSSR count). The number of benzene rings is 1. The van der Waals surface area contributed by atoms with Crippen LogP contribution in [0.25, 0.3) is 0 Å².